The lowest BCUT2D eigenvalue weighted by atomic mass is 10.3. The van der Waals surface area contributed by atoms with Crippen molar-refractivity contribution in [3.63, 3.8) is 0 Å². The summed E-state index contributed by atoms with van der Waals surface area (Å²) in [4.78, 5) is 2.43. The smallest absolute Gasteiger partial charge is 0.0214 e. The summed E-state index contributed by atoms with van der Waals surface area (Å²) in [5.74, 6) is 0. The van der Waals surface area contributed by atoms with E-state index >= 15 is 0 Å². The number of thiophene rings is 1. The third-order valence-corrected chi connectivity index (χ3v) is 3.14. The van der Waals surface area contributed by atoms with Crippen LogP contribution in [-0.4, -0.2) is 31.1 Å². The van der Waals surface area contributed by atoms with E-state index in [9.17, 15) is 0 Å². The Morgan fingerprint density at radius 3 is 2.44 bits per heavy atom. The predicted molar refractivity (Wildman–Crippen MR) is 78.3 cm³/mol. The van der Waals surface area contributed by atoms with E-state index in [0.29, 0.717) is 0 Å². The van der Waals surface area contributed by atoms with Crippen LogP contribution in [-0.2, 0) is 6.54 Å². The van der Waals surface area contributed by atoms with E-state index in [1.807, 2.05) is 0 Å². The largest absolute Gasteiger partial charge is 0.311 e. The molecule has 0 aliphatic carbocycles. The second kappa shape index (κ2) is 11.7. The topological polar surface area (TPSA) is 15.3 Å². The van der Waals surface area contributed by atoms with E-state index < -0.39 is 0 Å². The Kier molecular flexibility index (Phi) is 13.5. The molecule has 1 aromatic rings. The molecule has 0 atom stereocenters. The summed E-state index contributed by atoms with van der Waals surface area (Å²) >= 11 is 1.76. The first kappa shape index (κ1) is 18.6. The molecule has 2 nitrogen and oxygen atoms in total. The number of rotatable bonds is 7. The van der Waals surface area contributed by atoms with E-state index in [1.165, 1.54) is 5.56 Å². The molecule has 5 heteroatoms. The minimum Gasteiger partial charge on any atom is -0.311 e. The van der Waals surface area contributed by atoms with Gasteiger partial charge in [-0.05, 0) is 35.5 Å². The van der Waals surface area contributed by atoms with E-state index in [0.717, 1.165) is 32.7 Å². The quantitative estimate of drug-likeness (QED) is 0.775. The number of halogens is 2. The molecule has 0 radical (unpaired) electrons. The molecule has 0 fully saturated rings. The van der Waals surface area contributed by atoms with Crippen molar-refractivity contribution in [1.29, 1.82) is 0 Å². The standard InChI is InChI=1S/C11H20N2S.2ClH/c1-3-13(4-2)7-6-12-9-11-5-8-14-10-11;;/h5,8,10,12H,3-4,6-7,9H2,1-2H3;2*1H. The van der Waals surface area contributed by atoms with Crippen LogP contribution in [0.25, 0.3) is 0 Å². The Labute approximate surface area is 115 Å². The number of nitrogens with one attached hydrogen (secondary N) is 1. The molecule has 16 heavy (non-hydrogen) atoms. The summed E-state index contributed by atoms with van der Waals surface area (Å²) in [6, 6.07) is 2.18. The van der Waals surface area contributed by atoms with Crippen molar-refractivity contribution in [3.05, 3.63) is 22.4 Å². The molecule has 0 bridgehead atoms. The molecule has 1 heterocycles. The van der Waals surface area contributed by atoms with Crippen molar-refractivity contribution in [2.75, 3.05) is 26.2 Å². The molecule has 0 unspecified atom stereocenters. The average Bonchev–Trinajstić information content (AvgIpc) is 2.71. The van der Waals surface area contributed by atoms with Crippen LogP contribution in [0.3, 0.4) is 0 Å². The fourth-order valence-corrected chi connectivity index (χ4v) is 2.07. The zero-order valence-electron chi connectivity index (χ0n) is 9.94. The lowest BCUT2D eigenvalue weighted by molar-refractivity contribution is 0.302. The van der Waals surface area contributed by atoms with Crippen LogP contribution >= 0.6 is 36.2 Å². The van der Waals surface area contributed by atoms with Crippen molar-refractivity contribution < 1.29 is 0 Å². The third kappa shape index (κ3) is 7.47. The first-order chi connectivity index (χ1) is 6.86. The second-order valence-electron chi connectivity index (χ2n) is 3.34. The molecular weight excluding hydrogens is 263 g/mol. The normalized spacial score (nSPS) is 9.69. The zero-order chi connectivity index (χ0) is 10.2. The predicted octanol–water partition coefficient (Wildman–Crippen LogP) is 3.02. The molecule has 0 amide bonds. The van der Waals surface area contributed by atoms with Crippen molar-refractivity contribution in [3.8, 4) is 0 Å². The molecule has 0 aromatic carbocycles. The molecule has 0 aliphatic rings. The minimum atomic E-state index is 0. The maximum Gasteiger partial charge on any atom is 0.0214 e. The van der Waals surface area contributed by atoms with Crippen LogP contribution in [0.5, 0.6) is 0 Å². The van der Waals surface area contributed by atoms with Crippen LogP contribution in [0.1, 0.15) is 19.4 Å². The number of likely N-dealkylation sites (N-methyl/N-ethyl adjacent to an activating group) is 1. The van der Waals surface area contributed by atoms with Crippen molar-refractivity contribution in [1.82, 2.24) is 10.2 Å². The highest BCUT2D eigenvalue weighted by molar-refractivity contribution is 7.07. The first-order valence-corrected chi connectivity index (χ1v) is 6.25. The van der Waals surface area contributed by atoms with Gasteiger partial charge in [-0.1, -0.05) is 13.8 Å². The number of hydrogen-bond donors (Lipinski definition) is 1. The van der Waals surface area contributed by atoms with E-state index in [-0.39, 0.29) is 24.8 Å². The summed E-state index contributed by atoms with van der Waals surface area (Å²) in [5, 5.41) is 7.78. The van der Waals surface area contributed by atoms with Gasteiger partial charge < -0.3 is 10.2 Å². The van der Waals surface area contributed by atoms with Crippen LogP contribution in [0, 0.1) is 0 Å². The van der Waals surface area contributed by atoms with Crippen molar-refractivity contribution in [2.24, 2.45) is 0 Å². The Morgan fingerprint density at radius 1 is 1.25 bits per heavy atom. The SMILES string of the molecule is CCN(CC)CCNCc1ccsc1.Cl.Cl. The van der Waals surface area contributed by atoms with Crippen LogP contribution in [0.15, 0.2) is 16.8 Å². The van der Waals surface area contributed by atoms with Gasteiger partial charge in [0.1, 0.15) is 0 Å². The maximum absolute atomic E-state index is 3.45. The van der Waals surface area contributed by atoms with Gasteiger partial charge in [-0.25, -0.2) is 0 Å². The fraction of sp³-hybridized carbons (Fsp3) is 0.636. The maximum atomic E-state index is 3.45. The van der Waals surface area contributed by atoms with E-state index in [2.05, 4.69) is 40.9 Å². The van der Waals surface area contributed by atoms with Gasteiger partial charge in [-0.15, -0.1) is 24.8 Å². The fourth-order valence-electron chi connectivity index (χ4n) is 1.40. The molecule has 96 valence electrons. The van der Waals surface area contributed by atoms with Gasteiger partial charge in [-0.3, -0.25) is 0 Å². The van der Waals surface area contributed by atoms with Gasteiger partial charge in [0.05, 0.1) is 0 Å². The molecule has 1 aromatic heterocycles. The number of hydrogen-bond acceptors (Lipinski definition) is 3. The van der Waals surface area contributed by atoms with E-state index in [1.54, 1.807) is 11.3 Å². The summed E-state index contributed by atoms with van der Waals surface area (Å²) in [6.07, 6.45) is 0. The summed E-state index contributed by atoms with van der Waals surface area (Å²) in [7, 11) is 0. The zero-order valence-corrected chi connectivity index (χ0v) is 12.4. The van der Waals surface area contributed by atoms with Crippen molar-refractivity contribution in [2.45, 2.75) is 20.4 Å². The highest BCUT2D eigenvalue weighted by Gasteiger charge is 1.97. The average molecular weight is 285 g/mol. The third-order valence-electron chi connectivity index (χ3n) is 2.41. The summed E-state index contributed by atoms with van der Waals surface area (Å²) in [6.45, 7) is 9.96. The second-order valence-corrected chi connectivity index (χ2v) is 4.12. The Morgan fingerprint density at radius 2 is 1.94 bits per heavy atom. The highest BCUT2D eigenvalue weighted by atomic mass is 35.5. The van der Waals surface area contributed by atoms with Crippen LogP contribution in [0.4, 0.5) is 0 Å². The Balaban J connectivity index is 0. The molecular formula is C11H22Cl2N2S. The Hall–Kier alpha value is 0.200. The van der Waals surface area contributed by atoms with Gasteiger partial charge in [0.15, 0.2) is 0 Å². The van der Waals surface area contributed by atoms with E-state index in [4.69, 9.17) is 0 Å². The molecule has 0 saturated heterocycles. The summed E-state index contributed by atoms with van der Waals surface area (Å²) in [5.41, 5.74) is 1.40. The lowest BCUT2D eigenvalue weighted by Gasteiger charge is -2.17. The number of nitrogens with zero attached hydrogens (tertiary/aromatic N) is 1. The molecule has 1 rings (SSSR count). The van der Waals surface area contributed by atoms with Gasteiger partial charge in [0.25, 0.3) is 0 Å². The van der Waals surface area contributed by atoms with Gasteiger partial charge >= 0.3 is 0 Å². The first-order valence-electron chi connectivity index (χ1n) is 5.31. The monoisotopic (exact) mass is 284 g/mol. The highest BCUT2D eigenvalue weighted by Crippen LogP contribution is 2.04. The van der Waals surface area contributed by atoms with Gasteiger partial charge in [-0.2, -0.15) is 11.3 Å². The van der Waals surface area contributed by atoms with Gasteiger partial charge in [0, 0.05) is 19.6 Å². The minimum absolute atomic E-state index is 0. The summed E-state index contributed by atoms with van der Waals surface area (Å²) < 4.78 is 0. The molecule has 0 spiro atoms. The molecule has 0 saturated carbocycles. The van der Waals surface area contributed by atoms with Crippen molar-refractivity contribution >= 4 is 36.2 Å². The molecule has 0 aliphatic heterocycles. The molecule has 1 N–H and O–H groups in total. The van der Waals surface area contributed by atoms with Gasteiger partial charge in [0.2, 0.25) is 0 Å². The Bertz CT molecular complexity index is 226. The van der Waals surface area contributed by atoms with Crippen LogP contribution in [0.2, 0.25) is 0 Å². The van der Waals surface area contributed by atoms with Crippen LogP contribution < -0.4 is 5.32 Å². The lowest BCUT2D eigenvalue weighted by Crippen LogP contribution is -2.31.